The highest BCUT2D eigenvalue weighted by Crippen LogP contribution is 2.28. The number of para-hydroxylation sites is 2. The summed E-state index contributed by atoms with van der Waals surface area (Å²) < 4.78 is 5.72. The second-order valence-corrected chi connectivity index (χ2v) is 4.50. The van der Waals surface area contributed by atoms with Crippen LogP contribution in [0.3, 0.4) is 0 Å². The molecule has 0 fully saturated rings. The van der Waals surface area contributed by atoms with Gasteiger partial charge in [-0.1, -0.05) is 12.1 Å². The number of nitrogen functional groups attached to an aromatic ring is 1. The van der Waals surface area contributed by atoms with Gasteiger partial charge in [0.15, 0.2) is 5.58 Å². The Morgan fingerprint density at radius 3 is 2.75 bits per heavy atom. The van der Waals surface area contributed by atoms with Gasteiger partial charge >= 0.3 is 0 Å². The maximum Gasteiger partial charge on any atom is 0.227 e. The van der Waals surface area contributed by atoms with Gasteiger partial charge in [-0.05, 0) is 30.3 Å². The van der Waals surface area contributed by atoms with E-state index in [0.29, 0.717) is 24.7 Å². The predicted octanol–water partition coefficient (Wildman–Crippen LogP) is 2.45. The Kier molecular flexibility index (Phi) is 3.26. The number of benzene rings is 2. The van der Waals surface area contributed by atoms with E-state index >= 15 is 0 Å². The van der Waals surface area contributed by atoms with Gasteiger partial charge in [-0.15, -0.1) is 0 Å². The van der Waals surface area contributed by atoms with Crippen LogP contribution in [0.4, 0.5) is 11.4 Å². The van der Waals surface area contributed by atoms with Crippen molar-refractivity contribution in [3.8, 4) is 11.5 Å². The summed E-state index contributed by atoms with van der Waals surface area (Å²) in [4.78, 5) is 4.45. The van der Waals surface area contributed by atoms with Crippen molar-refractivity contribution in [3.05, 3.63) is 42.5 Å². The van der Waals surface area contributed by atoms with Crippen molar-refractivity contribution in [2.75, 3.05) is 24.1 Å². The number of nitrogens with two attached hydrogens (primary N) is 2. The first-order valence-corrected chi connectivity index (χ1v) is 6.47. The molecule has 0 bridgehead atoms. The molecule has 20 heavy (non-hydrogen) atoms. The van der Waals surface area contributed by atoms with Crippen LogP contribution in [0.5, 0.6) is 0 Å². The molecule has 0 spiro atoms. The molecule has 2 aromatic carbocycles. The summed E-state index contributed by atoms with van der Waals surface area (Å²) in [6, 6.07) is 13.4. The van der Waals surface area contributed by atoms with E-state index in [2.05, 4.69) is 10.3 Å². The molecule has 0 aliphatic heterocycles. The summed E-state index contributed by atoms with van der Waals surface area (Å²) in [5.74, 6) is 0.572. The summed E-state index contributed by atoms with van der Waals surface area (Å²) in [6.45, 7) is 1.25. The zero-order valence-electron chi connectivity index (χ0n) is 11.0. The molecule has 5 nitrogen and oxygen atoms in total. The highest BCUT2D eigenvalue weighted by atomic mass is 16.3. The third-order valence-electron chi connectivity index (χ3n) is 3.05. The number of hydrogen-bond acceptors (Lipinski definition) is 5. The van der Waals surface area contributed by atoms with Crippen LogP contribution < -0.4 is 16.8 Å². The maximum atomic E-state index is 6.02. The Bertz CT molecular complexity index is 703. The highest BCUT2D eigenvalue weighted by molar-refractivity contribution is 5.78. The van der Waals surface area contributed by atoms with Crippen LogP contribution in [0.2, 0.25) is 0 Å². The highest BCUT2D eigenvalue weighted by Gasteiger charge is 2.09. The van der Waals surface area contributed by atoms with E-state index in [0.717, 1.165) is 22.4 Å². The standard InChI is InChI=1S/C15H16N4O/c16-7-8-18-12-6-5-10(9-11(12)17)15-19-13-3-1-2-4-14(13)20-15/h1-6,9,18H,7-8,16-17H2. The van der Waals surface area contributed by atoms with E-state index < -0.39 is 0 Å². The fraction of sp³-hybridized carbons (Fsp3) is 0.133. The van der Waals surface area contributed by atoms with E-state index in [4.69, 9.17) is 15.9 Å². The van der Waals surface area contributed by atoms with Crippen molar-refractivity contribution in [3.63, 3.8) is 0 Å². The Balaban J connectivity index is 1.95. The van der Waals surface area contributed by atoms with Crippen molar-refractivity contribution >= 4 is 22.5 Å². The van der Waals surface area contributed by atoms with Gasteiger partial charge in [0, 0.05) is 18.7 Å². The molecule has 0 amide bonds. The number of anilines is 2. The lowest BCUT2D eigenvalue weighted by molar-refractivity contribution is 0.620. The Hall–Kier alpha value is -2.53. The van der Waals surface area contributed by atoms with E-state index in [-0.39, 0.29) is 0 Å². The van der Waals surface area contributed by atoms with Crippen LogP contribution in [0.25, 0.3) is 22.6 Å². The summed E-state index contributed by atoms with van der Waals surface area (Å²) in [5, 5.41) is 3.17. The first-order chi connectivity index (χ1) is 9.78. The zero-order valence-corrected chi connectivity index (χ0v) is 11.0. The fourth-order valence-electron chi connectivity index (χ4n) is 2.06. The number of hydrogen-bond donors (Lipinski definition) is 3. The minimum Gasteiger partial charge on any atom is -0.436 e. The number of nitrogens with zero attached hydrogens (tertiary/aromatic N) is 1. The first-order valence-electron chi connectivity index (χ1n) is 6.47. The molecule has 1 aromatic heterocycles. The Morgan fingerprint density at radius 2 is 2.00 bits per heavy atom. The number of nitrogens with one attached hydrogen (secondary N) is 1. The second-order valence-electron chi connectivity index (χ2n) is 4.50. The lowest BCUT2D eigenvalue weighted by Gasteiger charge is -2.08. The molecule has 1 heterocycles. The summed E-state index contributed by atoms with van der Waals surface area (Å²) in [5.41, 5.74) is 15.5. The second kappa shape index (κ2) is 5.22. The molecular weight excluding hydrogens is 252 g/mol. The molecule has 0 atom stereocenters. The number of aromatic nitrogens is 1. The fourth-order valence-corrected chi connectivity index (χ4v) is 2.06. The topological polar surface area (TPSA) is 90.1 Å². The minimum atomic E-state index is 0.562. The molecule has 3 rings (SSSR count). The number of rotatable bonds is 4. The van der Waals surface area contributed by atoms with Gasteiger partial charge in [-0.3, -0.25) is 0 Å². The average molecular weight is 268 g/mol. The quantitative estimate of drug-likeness (QED) is 0.632. The van der Waals surface area contributed by atoms with Crippen LogP contribution in [0.1, 0.15) is 0 Å². The first kappa shape index (κ1) is 12.5. The molecule has 5 heteroatoms. The Labute approximate surface area is 116 Å². The van der Waals surface area contributed by atoms with Crippen LogP contribution in [0.15, 0.2) is 46.9 Å². The largest absolute Gasteiger partial charge is 0.436 e. The van der Waals surface area contributed by atoms with Gasteiger partial charge in [0.25, 0.3) is 0 Å². The third kappa shape index (κ3) is 2.31. The molecule has 0 saturated heterocycles. The molecule has 0 aliphatic carbocycles. The van der Waals surface area contributed by atoms with Crippen LogP contribution in [-0.2, 0) is 0 Å². The van der Waals surface area contributed by atoms with Gasteiger partial charge in [0.05, 0.1) is 11.4 Å². The van der Waals surface area contributed by atoms with Gasteiger partial charge in [-0.2, -0.15) is 0 Å². The molecule has 0 aliphatic rings. The third-order valence-corrected chi connectivity index (χ3v) is 3.05. The molecule has 0 radical (unpaired) electrons. The van der Waals surface area contributed by atoms with Gasteiger partial charge in [0.2, 0.25) is 5.89 Å². The van der Waals surface area contributed by atoms with Gasteiger partial charge in [-0.25, -0.2) is 4.98 Å². The van der Waals surface area contributed by atoms with E-state index in [1.165, 1.54) is 0 Å². The van der Waals surface area contributed by atoms with Crippen molar-refractivity contribution in [2.24, 2.45) is 5.73 Å². The lowest BCUT2D eigenvalue weighted by Crippen LogP contribution is -2.13. The number of oxazole rings is 1. The van der Waals surface area contributed by atoms with Crippen LogP contribution >= 0.6 is 0 Å². The predicted molar refractivity (Wildman–Crippen MR) is 81.4 cm³/mol. The molecule has 0 unspecified atom stereocenters. The van der Waals surface area contributed by atoms with Crippen molar-refractivity contribution in [1.29, 1.82) is 0 Å². The maximum absolute atomic E-state index is 6.02. The summed E-state index contributed by atoms with van der Waals surface area (Å²) in [7, 11) is 0. The molecule has 5 N–H and O–H groups in total. The Morgan fingerprint density at radius 1 is 1.15 bits per heavy atom. The monoisotopic (exact) mass is 268 g/mol. The zero-order chi connectivity index (χ0) is 13.9. The van der Waals surface area contributed by atoms with Crippen LogP contribution in [-0.4, -0.2) is 18.1 Å². The van der Waals surface area contributed by atoms with Crippen molar-refractivity contribution in [2.45, 2.75) is 0 Å². The summed E-state index contributed by atoms with van der Waals surface area (Å²) in [6.07, 6.45) is 0. The van der Waals surface area contributed by atoms with Crippen LogP contribution in [0, 0.1) is 0 Å². The minimum absolute atomic E-state index is 0.562. The van der Waals surface area contributed by atoms with Gasteiger partial charge < -0.3 is 21.2 Å². The molecule has 0 saturated carbocycles. The molecule has 102 valence electrons. The number of fused-ring (bicyclic) bond motifs is 1. The molecule has 3 aromatic rings. The molecular formula is C15H16N4O. The van der Waals surface area contributed by atoms with Crippen molar-refractivity contribution in [1.82, 2.24) is 4.98 Å². The normalized spacial score (nSPS) is 10.8. The van der Waals surface area contributed by atoms with Gasteiger partial charge in [0.1, 0.15) is 5.52 Å². The lowest BCUT2D eigenvalue weighted by atomic mass is 10.1. The van der Waals surface area contributed by atoms with E-state index in [1.807, 2.05) is 42.5 Å². The summed E-state index contributed by atoms with van der Waals surface area (Å²) >= 11 is 0. The SMILES string of the molecule is NCCNc1ccc(-c2nc3ccccc3o2)cc1N. The smallest absolute Gasteiger partial charge is 0.227 e. The van der Waals surface area contributed by atoms with Crippen molar-refractivity contribution < 1.29 is 4.42 Å². The van der Waals surface area contributed by atoms with E-state index in [9.17, 15) is 0 Å². The average Bonchev–Trinajstić information content (AvgIpc) is 2.90. The van der Waals surface area contributed by atoms with E-state index in [1.54, 1.807) is 0 Å².